The molecule has 0 spiro atoms. The second-order valence-electron chi connectivity index (χ2n) is 5.47. The Morgan fingerprint density at radius 2 is 1.75 bits per heavy atom. The maximum Gasteiger partial charge on any atom is 0.231 e. The molecule has 0 heterocycles. The van der Waals surface area contributed by atoms with Gasteiger partial charge in [0.05, 0.1) is 12.5 Å². The molecule has 2 N–H and O–H groups in total. The Labute approximate surface area is 150 Å². The van der Waals surface area contributed by atoms with Crippen LogP contribution in [0.2, 0.25) is 0 Å². The van der Waals surface area contributed by atoms with Gasteiger partial charge in [0.25, 0.3) is 0 Å². The lowest BCUT2D eigenvalue weighted by Crippen LogP contribution is -2.34. The van der Waals surface area contributed by atoms with Crippen molar-refractivity contribution in [3.05, 3.63) is 65.7 Å². The van der Waals surface area contributed by atoms with Crippen molar-refractivity contribution in [3.8, 4) is 5.75 Å². The van der Waals surface area contributed by atoms with E-state index in [9.17, 15) is 4.79 Å². The zero-order valence-corrected chi connectivity index (χ0v) is 15.0. The minimum absolute atomic E-state index is 0. The van der Waals surface area contributed by atoms with Gasteiger partial charge in [0.2, 0.25) is 5.91 Å². The first-order valence-corrected chi connectivity index (χ1v) is 7.87. The van der Waals surface area contributed by atoms with E-state index in [2.05, 4.69) is 0 Å². The lowest BCUT2D eigenvalue weighted by molar-refractivity contribution is -0.131. The topological polar surface area (TPSA) is 55.6 Å². The standard InChI is InChI=1S/C19H24N2O2.ClH/c1-3-23-17-11-9-15(10-12-17)14-21(2)19(22)18(13-20)16-7-5-4-6-8-16;/h4-12,18H,3,13-14,20H2,1-2H3;1H. The predicted molar refractivity (Wildman–Crippen MR) is 99.6 cm³/mol. The quantitative estimate of drug-likeness (QED) is 0.835. The van der Waals surface area contributed by atoms with Gasteiger partial charge in [0.1, 0.15) is 5.75 Å². The summed E-state index contributed by atoms with van der Waals surface area (Å²) in [6.45, 7) is 3.45. The van der Waals surface area contributed by atoms with Gasteiger partial charge in [-0.05, 0) is 30.2 Å². The average molecular weight is 349 g/mol. The van der Waals surface area contributed by atoms with Gasteiger partial charge in [0, 0.05) is 20.1 Å². The van der Waals surface area contributed by atoms with Gasteiger partial charge >= 0.3 is 0 Å². The highest BCUT2D eigenvalue weighted by molar-refractivity contribution is 5.85. The summed E-state index contributed by atoms with van der Waals surface area (Å²) in [5.41, 5.74) is 7.85. The molecule has 0 saturated carbocycles. The molecule has 5 heteroatoms. The van der Waals surface area contributed by atoms with Gasteiger partial charge in [-0.3, -0.25) is 4.79 Å². The molecule has 0 saturated heterocycles. The number of ether oxygens (including phenoxy) is 1. The second kappa shape index (κ2) is 9.96. The average Bonchev–Trinajstić information content (AvgIpc) is 2.58. The van der Waals surface area contributed by atoms with Crippen LogP contribution in [0.15, 0.2) is 54.6 Å². The Hall–Kier alpha value is -2.04. The first-order valence-electron chi connectivity index (χ1n) is 7.87. The van der Waals surface area contributed by atoms with Crippen LogP contribution in [-0.4, -0.2) is 31.0 Å². The van der Waals surface area contributed by atoms with Crippen molar-refractivity contribution in [3.63, 3.8) is 0 Å². The molecule has 0 aliphatic carbocycles. The molecule has 130 valence electrons. The molecule has 0 aromatic heterocycles. The lowest BCUT2D eigenvalue weighted by Gasteiger charge is -2.23. The van der Waals surface area contributed by atoms with E-state index in [1.54, 1.807) is 4.90 Å². The third kappa shape index (κ3) is 5.25. The monoisotopic (exact) mass is 348 g/mol. The fourth-order valence-corrected chi connectivity index (χ4v) is 2.54. The van der Waals surface area contributed by atoms with E-state index in [1.165, 1.54) is 0 Å². The van der Waals surface area contributed by atoms with Crippen LogP contribution in [0.1, 0.15) is 24.0 Å². The lowest BCUT2D eigenvalue weighted by atomic mass is 9.97. The van der Waals surface area contributed by atoms with E-state index >= 15 is 0 Å². The Morgan fingerprint density at radius 3 is 2.29 bits per heavy atom. The largest absolute Gasteiger partial charge is 0.494 e. The van der Waals surface area contributed by atoms with Crippen molar-refractivity contribution in [2.75, 3.05) is 20.2 Å². The fourth-order valence-electron chi connectivity index (χ4n) is 2.54. The van der Waals surface area contributed by atoms with E-state index < -0.39 is 0 Å². The van der Waals surface area contributed by atoms with Crippen molar-refractivity contribution in [2.45, 2.75) is 19.4 Å². The van der Waals surface area contributed by atoms with E-state index in [0.29, 0.717) is 19.7 Å². The Balaban J connectivity index is 0.00000288. The van der Waals surface area contributed by atoms with Crippen LogP contribution in [0, 0.1) is 0 Å². The number of carbonyl (C=O) groups excluding carboxylic acids is 1. The number of nitrogens with two attached hydrogens (primary N) is 1. The molecule has 0 radical (unpaired) electrons. The predicted octanol–water partition coefficient (Wildman–Crippen LogP) is 3.21. The molecule has 1 atom stereocenters. The van der Waals surface area contributed by atoms with Crippen molar-refractivity contribution in [2.24, 2.45) is 5.73 Å². The number of halogens is 1. The van der Waals surface area contributed by atoms with Crippen LogP contribution in [0.4, 0.5) is 0 Å². The Bertz CT molecular complexity index is 617. The van der Waals surface area contributed by atoms with Crippen molar-refractivity contribution in [1.29, 1.82) is 0 Å². The number of carbonyl (C=O) groups is 1. The summed E-state index contributed by atoms with van der Waals surface area (Å²) >= 11 is 0. The van der Waals surface area contributed by atoms with Gasteiger partial charge < -0.3 is 15.4 Å². The Kier molecular flexibility index (Phi) is 8.30. The molecule has 0 aliphatic rings. The van der Waals surface area contributed by atoms with E-state index in [1.807, 2.05) is 68.6 Å². The zero-order valence-electron chi connectivity index (χ0n) is 14.1. The summed E-state index contributed by atoms with van der Waals surface area (Å²) in [5, 5.41) is 0. The number of benzene rings is 2. The first-order chi connectivity index (χ1) is 11.2. The van der Waals surface area contributed by atoms with Crippen LogP contribution in [-0.2, 0) is 11.3 Å². The maximum atomic E-state index is 12.7. The van der Waals surface area contributed by atoms with Gasteiger partial charge in [0.15, 0.2) is 0 Å². The molecule has 2 aromatic carbocycles. The maximum absolute atomic E-state index is 12.7. The summed E-state index contributed by atoms with van der Waals surface area (Å²) in [6.07, 6.45) is 0. The van der Waals surface area contributed by atoms with Crippen molar-refractivity contribution >= 4 is 18.3 Å². The van der Waals surface area contributed by atoms with Gasteiger partial charge in [-0.2, -0.15) is 0 Å². The van der Waals surface area contributed by atoms with Crippen LogP contribution >= 0.6 is 12.4 Å². The number of rotatable bonds is 7. The highest BCUT2D eigenvalue weighted by Crippen LogP contribution is 2.19. The number of hydrogen-bond acceptors (Lipinski definition) is 3. The number of nitrogens with zero attached hydrogens (tertiary/aromatic N) is 1. The van der Waals surface area contributed by atoms with Crippen molar-refractivity contribution in [1.82, 2.24) is 4.90 Å². The summed E-state index contributed by atoms with van der Waals surface area (Å²) < 4.78 is 5.43. The summed E-state index contributed by atoms with van der Waals surface area (Å²) in [7, 11) is 1.81. The Morgan fingerprint density at radius 1 is 1.12 bits per heavy atom. The van der Waals surface area contributed by atoms with Crippen LogP contribution in [0.3, 0.4) is 0 Å². The van der Waals surface area contributed by atoms with Crippen LogP contribution < -0.4 is 10.5 Å². The molecule has 4 nitrogen and oxygen atoms in total. The SMILES string of the molecule is CCOc1ccc(CN(C)C(=O)C(CN)c2ccccc2)cc1.Cl. The summed E-state index contributed by atoms with van der Waals surface area (Å²) in [4.78, 5) is 14.4. The molecule has 24 heavy (non-hydrogen) atoms. The van der Waals surface area contributed by atoms with Gasteiger partial charge in [-0.1, -0.05) is 42.5 Å². The van der Waals surface area contributed by atoms with Gasteiger partial charge in [-0.15, -0.1) is 12.4 Å². The second-order valence-corrected chi connectivity index (χ2v) is 5.47. The minimum Gasteiger partial charge on any atom is -0.494 e. The van der Waals surface area contributed by atoms with Crippen LogP contribution in [0.25, 0.3) is 0 Å². The first kappa shape index (κ1) is 20.0. The minimum atomic E-state index is -0.302. The summed E-state index contributed by atoms with van der Waals surface area (Å²) in [6, 6.07) is 17.5. The normalized spacial score (nSPS) is 11.3. The molecule has 2 aromatic rings. The number of likely N-dealkylation sites (N-methyl/N-ethyl adjacent to an activating group) is 1. The molecule has 0 fully saturated rings. The van der Waals surface area contributed by atoms with E-state index in [0.717, 1.165) is 16.9 Å². The summed E-state index contributed by atoms with van der Waals surface area (Å²) in [5.74, 6) is 0.575. The van der Waals surface area contributed by atoms with Crippen LogP contribution in [0.5, 0.6) is 5.75 Å². The van der Waals surface area contributed by atoms with E-state index in [4.69, 9.17) is 10.5 Å². The highest BCUT2D eigenvalue weighted by atomic mass is 35.5. The smallest absolute Gasteiger partial charge is 0.231 e. The third-order valence-electron chi connectivity index (χ3n) is 3.77. The molecule has 0 bridgehead atoms. The molecule has 1 amide bonds. The molecule has 0 aliphatic heterocycles. The zero-order chi connectivity index (χ0) is 16.7. The number of hydrogen-bond donors (Lipinski definition) is 1. The highest BCUT2D eigenvalue weighted by Gasteiger charge is 2.22. The molecule has 1 unspecified atom stereocenters. The fraction of sp³-hybridized carbons (Fsp3) is 0.316. The molecular weight excluding hydrogens is 324 g/mol. The van der Waals surface area contributed by atoms with Gasteiger partial charge in [-0.25, -0.2) is 0 Å². The number of amides is 1. The van der Waals surface area contributed by atoms with Crippen molar-refractivity contribution < 1.29 is 9.53 Å². The van der Waals surface area contributed by atoms with E-state index in [-0.39, 0.29) is 24.2 Å². The molecule has 2 rings (SSSR count). The molecular formula is C19H25ClN2O2. The third-order valence-corrected chi connectivity index (χ3v) is 3.77.